The van der Waals surface area contributed by atoms with E-state index >= 15 is 0 Å². The Labute approximate surface area is 114 Å². The molecular formula is C13H25N3O3. The second-order valence-electron chi connectivity index (χ2n) is 5.10. The fourth-order valence-electron chi connectivity index (χ4n) is 2.60. The van der Waals surface area contributed by atoms with Crippen molar-refractivity contribution < 1.29 is 14.7 Å². The van der Waals surface area contributed by atoms with Crippen LogP contribution in [0.15, 0.2) is 5.16 Å². The SMILES string of the molecule is CCOC(C)CNC(=O)C1(C(N)=NO)CCCCC1. The highest BCUT2D eigenvalue weighted by Crippen LogP contribution is 2.36. The van der Waals surface area contributed by atoms with Crippen molar-refractivity contribution in [2.24, 2.45) is 16.3 Å². The summed E-state index contributed by atoms with van der Waals surface area (Å²) in [6.07, 6.45) is 4.16. The lowest BCUT2D eigenvalue weighted by Gasteiger charge is -2.34. The average molecular weight is 271 g/mol. The number of oxime groups is 1. The maximum atomic E-state index is 12.4. The molecular weight excluding hydrogens is 246 g/mol. The molecule has 0 heterocycles. The zero-order valence-corrected chi connectivity index (χ0v) is 11.8. The van der Waals surface area contributed by atoms with Gasteiger partial charge < -0.3 is 21.0 Å². The number of hydrogen-bond donors (Lipinski definition) is 3. The van der Waals surface area contributed by atoms with Crippen molar-refractivity contribution in [2.45, 2.75) is 52.1 Å². The van der Waals surface area contributed by atoms with Gasteiger partial charge in [-0.2, -0.15) is 0 Å². The molecule has 1 fully saturated rings. The van der Waals surface area contributed by atoms with Crippen molar-refractivity contribution in [3.8, 4) is 0 Å². The number of nitrogens with two attached hydrogens (primary N) is 1. The summed E-state index contributed by atoms with van der Waals surface area (Å²) < 4.78 is 5.37. The van der Waals surface area contributed by atoms with E-state index in [4.69, 9.17) is 15.7 Å². The van der Waals surface area contributed by atoms with E-state index in [0.29, 0.717) is 26.0 Å². The van der Waals surface area contributed by atoms with Gasteiger partial charge in [-0.15, -0.1) is 0 Å². The smallest absolute Gasteiger partial charge is 0.234 e. The molecule has 110 valence electrons. The molecule has 19 heavy (non-hydrogen) atoms. The molecule has 0 spiro atoms. The van der Waals surface area contributed by atoms with Crippen LogP contribution in [0.4, 0.5) is 0 Å². The molecule has 0 bridgehead atoms. The van der Waals surface area contributed by atoms with Gasteiger partial charge in [-0.1, -0.05) is 24.4 Å². The number of hydrogen-bond acceptors (Lipinski definition) is 4. The Morgan fingerprint density at radius 3 is 2.63 bits per heavy atom. The summed E-state index contributed by atoms with van der Waals surface area (Å²) in [6.45, 7) is 4.87. The molecule has 1 unspecified atom stereocenters. The van der Waals surface area contributed by atoms with Gasteiger partial charge in [-0.3, -0.25) is 4.79 Å². The summed E-state index contributed by atoms with van der Waals surface area (Å²) in [6, 6.07) is 0. The molecule has 1 saturated carbocycles. The highest BCUT2D eigenvalue weighted by Gasteiger charge is 2.43. The van der Waals surface area contributed by atoms with Crippen LogP contribution in [0.3, 0.4) is 0 Å². The van der Waals surface area contributed by atoms with Crippen molar-refractivity contribution in [1.82, 2.24) is 5.32 Å². The Kier molecular flexibility index (Phi) is 6.08. The zero-order valence-electron chi connectivity index (χ0n) is 11.8. The number of amides is 1. The van der Waals surface area contributed by atoms with Gasteiger partial charge in [-0.25, -0.2) is 0 Å². The molecule has 1 aliphatic carbocycles. The molecule has 1 amide bonds. The van der Waals surface area contributed by atoms with Gasteiger partial charge in [0.2, 0.25) is 5.91 Å². The van der Waals surface area contributed by atoms with Gasteiger partial charge in [0.1, 0.15) is 5.41 Å². The topological polar surface area (TPSA) is 96.9 Å². The summed E-state index contributed by atoms with van der Waals surface area (Å²) in [5.74, 6) is -0.136. The van der Waals surface area contributed by atoms with Crippen molar-refractivity contribution in [2.75, 3.05) is 13.2 Å². The van der Waals surface area contributed by atoms with E-state index in [1.54, 1.807) is 0 Å². The molecule has 0 radical (unpaired) electrons. The first kappa shape index (κ1) is 15.8. The molecule has 0 saturated heterocycles. The van der Waals surface area contributed by atoms with Gasteiger partial charge in [0, 0.05) is 13.2 Å². The van der Waals surface area contributed by atoms with Gasteiger partial charge >= 0.3 is 0 Å². The van der Waals surface area contributed by atoms with E-state index in [0.717, 1.165) is 19.3 Å². The quantitative estimate of drug-likeness (QED) is 0.293. The third-order valence-electron chi connectivity index (χ3n) is 3.74. The van der Waals surface area contributed by atoms with Crippen LogP contribution in [0.5, 0.6) is 0 Å². The van der Waals surface area contributed by atoms with Crippen LogP contribution < -0.4 is 11.1 Å². The van der Waals surface area contributed by atoms with E-state index in [1.807, 2.05) is 13.8 Å². The van der Waals surface area contributed by atoms with Crippen molar-refractivity contribution >= 4 is 11.7 Å². The fraction of sp³-hybridized carbons (Fsp3) is 0.846. The molecule has 1 aliphatic rings. The van der Waals surface area contributed by atoms with Crippen molar-refractivity contribution in [3.05, 3.63) is 0 Å². The second-order valence-corrected chi connectivity index (χ2v) is 5.10. The van der Waals surface area contributed by atoms with Gasteiger partial charge in [0.25, 0.3) is 0 Å². The molecule has 6 nitrogen and oxygen atoms in total. The van der Waals surface area contributed by atoms with Gasteiger partial charge in [-0.05, 0) is 26.7 Å². The minimum atomic E-state index is -0.848. The van der Waals surface area contributed by atoms with Crippen LogP contribution >= 0.6 is 0 Å². The van der Waals surface area contributed by atoms with E-state index in [1.165, 1.54) is 0 Å². The number of amidine groups is 1. The third-order valence-corrected chi connectivity index (χ3v) is 3.74. The van der Waals surface area contributed by atoms with Crippen molar-refractivity contribution in [1.29, 1.82) is 0 Å². The van der Waals surface area contributed by atoms with Crippen LogP contribution in [0.25, 0.3) is 0 Å². The monoisotopic (exact) mass is 271 g/mol. The molecule has 1 atom stereocenters. The Bertz CT molecular complexity index is 325. The number of nitrogens with one attached hydrogen (secondary N) is 1. The minimum absolute atomic E-state index is 0.0220. The highest BCUT2D eigenvalue weighted by molar-refractivity contribution is 6.06. The third kappa shape index (κ3) is 3.83. The maximum absolute atomic E-state index is 12.4. The van der Waals surface area contributed by atoms with E-state index < -0.39 is 5.41 Å². The Morgan fingerprint density at radius 1 is 1.47 bits per heavy atom. The van der Waals surface area contributed by atoms with E-state index in [-0.39, 0.29) is 17.8 Å². The summed E-state index contributed by atoms with van der Waals surface area (Å²) in [7, 11) is 0. The number of carbonyl (C=O) groups excluding carboxylic acids is 1. The average Bonchev–Trinajstić information content (AvgIpc) is 2.44. The normalized spacial score (nSPS) is 20.8. The van der Waals surface area contributed by atoms with Crippen LogP contribution in [0.1, 0.15) is 46.0 Å². The number of ether oxygens (including phenoxy) is 1. The van der Waals surface area contributed by atoms with Crippen LogP contribution in [0, 0.1) is 5.41 Å². The molecule has 0 aromatic rings. The van der Waals surface area contributed by atoms with Crippen molar-refractivity contribution in [3.63, 3.8) is 0 Å². The molecule has 4 N–H and O–H groups in total. The predicted octanol–water partition coefficient (Wildman–Crippen LogP) is 1.22. The minimum Gasteiger partial charge on any atom is -0.409 e. The van der Waals surface area contributed by atoms with Gasteiger partial charge in [0.05, 0.1) is 6.10 Å². The Balaban J connectivity index is 2.67. The lowest BCUT2D eigenvalue weighted by atomic mass is 9.72. The van der Waals surface area contributed by atoms with E-state index in [2.05, 4.69) is 10.5 Å². The van der Waals surface area contributed by atoms with Gasteiger partial charge in [0.15, 0.2) is 5.84 Å². The number of rotatable bonds is 6. The summed E-state index contributed by atoms with van der Waals surface area (Å²) in [4.78, 5) is 12.4. The highest BCUT2D eigenvalue weighted by atomic mass is 16.5. The lowest BCUT2D eigenvalue weighted by molar-refractivity contribution is -0.129. The zero-order chi connectivity index (χ0) is 14.3. The standard InChI is InChI=1S/C13H25N3O3/c1-3-19-10(2)9-15-12(17)13(11(14)16-18)7-5-4-6-8-13/h10,18H,3-9H2,1-2H3,(H2,14,16)(H,15,17). The first-order chi connectivity index (χ1) is 9.06. The van der Waals surface area contributed by atoms with E-state index in [9.17, 15) is 4.79 Å². The molecule has 6 heteroatoms. The number of carbonyl (C=O) groups is 1. The predicted molar refractivity (Wildman–Crippen MR) is 73.0 cm³/mol. The Hall–Kier alpha value is -1.30. The molecule has 0 aliphatic heterocycles. The lowest BCUT2D eigenvalue weighted by Crippen LogP contribution is -2.52. The second kappa shape index (κ2) is 7.33. The maximum Gasteiger partial charge on any atom is 0.234 e. The first-order valence-electron chi connectivity index (χ1n) is 6.94. The largest absolute Gasteiger partial charge is 0.409 e. The fourth-order valence-corrected chi connectivity index (χ4v) is 2.60. The van der Waals surface area contributed by atoms with Crippen LogP contribution in [0.2, 0.25) is 0 Å². The Morgan fingerprint density at radius 2 is 2.11 bits per heavy atom. The summed E-state index contributed by atoms with van der Waals surface area (Å²) in [5, 5.41) is 14.8. The van der Waals surface area contributed by atoms with Crippen LogP contribution in [-0.2, 0) is 9.53 Å². The summed E-state index contributed by atoms with van der Waals surface area (Å²) >= 11 is 0. The molecule has 0 aromatic carbocycles. The molecule has 0 aromatic heterocycles. The summed E-state index contributed by atoms with van der Waals surface area (Å²) in [5.41, 5.74) is 4.91. The number of nitrogens with zero attached hydrogens (tertiary/aromatic N) is 1. The first-order valence-corrected chi connectivity index (χ1v) is 6.94. The molecule has 1 rings (SSSR count). The van der Waals surface area contributed by atoms with Crippen LogP contribution in [-0.4, -0.2) is 36.2 Å².